The zero-order valence-corrected chi connectivity index (χ0v) is 15.7. The topological polar surface area (TPSA) is 58.2 Å². The van der Waals surface area contributed by atoms with E-state index in [9.17, 15) is 9.59 Å². The number of carbonyl (C=O) groups excluding carboxylic acids is 2. The highest BCUT2D eigenvalue weighted by Gasteiger charge is 2.12. The van der Waals surface area contributed by atoms with Crippen LogP contribution in [0, 0.1) is 0 Å². The lowest BCUT2D eigenvalue weighted by atomic mass is 10.1. The number of aryl methyl sites for hydroxylation is 2. The molecule has 2 aromatic rings. The maximum atomic E-state index is 12.3. The van der Waals surface area contributed by atoms with Gasteiger partial charge in [-0.15, -0.1) is 0 Å². The minimum Gasteiger partial charge on any atom is -0.352 e. The van der Waals surface area contributed by atoms with Gasteiger partial charge in [0.2, 0.25) is 5.91 Å². The van der Waals surface area contributed by atoms with E-state index in [1.54, 1.807) is 18.2 Å². The largest absolute Gasteiger partial charge is 0.352 e. The van der Waals surface area contributed by atoms with Crippen LogP contribution in [0.2, 0.25) is 0 Å². The molecule has 0 saturated carbocycles. The number of rotatable bonds is 9. The maximum absolute atomic E-state index is 12.3. The Kier molecular flexibility index (Phi) is 7.87. The van der Waals surface area contributed by atoms with Crippen LogP contribution in [-0.4, -0.2) is 18.4 Å². The smallest absolute Gasteiger partial charge is 0.253 e. The Morgan fingerprint density at radius 1 is 0.923 bits per heavy atom. The van der Waals surface area contributed by atoms with Crippen LogP contribution in [0.25, 0.3) is 0 Å². The van der Waals surface area contributed by atoms with Gasteiger partial charge in [-0.05, 0) is 42.5 Å². The summed E-state index contributed by atoms with van der Waals surface area (Å²) in [6.07, 6.45) is 4.05. The standard InChI is InChI=1S/C22H28N2O2/c1-3-5-16-23-22(26)19-8-6-7-9-20(19)24-21(25)15-14-18-12-10-17(4-2)11-13-18/h6-13H,3-5,14-16H2,1-2H3,(H,23,26)(H,24,25). The van der Waals surface area contributed by atoms with Crippen molar-refractivity contribution in [3.05, 3.63) is 65.2 Å². The third kappa shape index (κ3) is 6.03. The van der Waals surface area contributed by atoms with Gasteiger partial charge >= 0.3 is 0 Å². The van der Waals surface area contributed by atoms with Crippen LogP contribution in [-0.2, 0) is 17.6 Å². The molecule has 2 rings (SSSR count). The third-order valence-corrected chi connectivity index (χ3v) is 4.33. The summed E-state index contributed by atoms with van der Waals surface area (Å²) in [5, 5.41) is 5.77. The lowest BCUT2D eigenvalue weighted by Gasteiger charge is -2.11. The van der Waals surface area contributed by atoms with Crippen LogP contribution >= 0.6 is 0 Å². The van der Waals surface area contributed by atoms with Crippen LogP contribution in [0.3, 0.4) is 0 Å². The van der Waals surface area contributed by atoms with Crippen LogP contribution in [0.4, 0.5) is 5.69 Å². The molecular weight excluding hydrogens is 324 g/mol. The van der Waals surface area contributed by atoms with Gasteiger partial charge in [-0.2, -0.15) is 0 Å². The second kappa shape index (κ2) is 10.4. The molecule has 138 valence electrons. The number of para-hydroxylation sites is 1. The number of nitrogens with one attached hydrogen (secondary N) is 2. The van der Waals surface area contributed by atoms with E-state index in [1.165, 1.54) is 5.56 Å². The van der Waals surface area contributed by atoms with Crippen molar-refractivity contribution in [2.45, 2.75) is 46.0 Å². The molecule has 0 aliphatic carbocycles. The molecule has 0 saturated heterocycles. The first-order valence-corrected chi connectivity index (χ1v) is 9.39. The molecule has 0 atom stereocenters. The zero-order chi connectivity index (χ0) is 18.8. The molecule has 2 aromatic carbocycles. The fourth-order valence-corrected chi connectivity index (χ4v) is 2.68. The number of carbonyl (C=O) groups is 2. The van der Waals surface area contributed by atoms with Crippen molar-refractivity contribution in [3.63, 3.8) is 0 Å². The van der Waals surface area contributed by atoms with Gasteiger partial charge in [0.05, 0.1) is 11.3 Å². The number of unbranched alkanes of at least 4 members (excludes halogenated alkanes) is 1. The van der Waals surface area contributed by atoms with E-state index < -0.39 is 0 Å². The van der Waals surface area contributed by atoms with Crippen molar-refractivity contribution in [2.75, 3.05) is 11.9 Å². The van der Waals surface area contributed by atoms with E-state index in [-0.39, 0.29) is 11.8 Å². The van der Waals surface area contributed by atoms with Gasteiger partial charge in [-0.3, -0.25) is 9.59 Å². The zero-order valence-electron chi connectivity index (χ0n) is 15.7. The average molecular weight is 352 g/mol. The summed E-state index contributed by atoms with van der Waals surface area (Å²) in [6, 6.07) is 15.5. The quantitative estimate of drug-likeness (QED) is 0.659. The van der Waals surface area contributed by atoms with E-state index in [0.29, 0.717) is 30.6 Å². The van der Waals surface area contributed by atoms with E-state index in [4.69, 9.17) is 0 Å². The van der Waals surface area contributed by atoms with Crippen molar-refractivity contribution in [3.8, 4) is 0 Å². The van der Waals surface area contributed by atoms with Gasteiger partial charge in [-0.25, -0.2) is 0 Å². The first kappa shape index (κ1) is 19.7. The lowest BCUT2D eigenvalue weighted by Crippen LogP contribution is -2.26. The highest BCUT2D eigenvalue weighted by atomic mass is 16.2. The summed E-state index contributed by atoms with van der Waals surface area (Å²) < 4.78 is 0. The van der Waals surface area contributed by atoms with Gasteiger partial charge in [0.25, 0.3) is 5.91 Å². The molecule has 0 aliphatic rings. The Morgan fingerprint density at radius 2 is 1.62 bits per heavy atom. The molecule has 0 radical (unpaired) electrons. The lowest BCUT2D eigenvalue weighted by molar-refractivity contribution is -0.116. The van der Waals surface area contributed by atoms with Gasteiger partial charge in [0.15, 0.2) is 0 Å². The molecule has 0 fully saturated rings. The summed E-state index contributed by atoms with van der Waals surface area (Å²) in [4.78, 5) is 24.6. The van der Waals surface area contributed by atoms with Crippen LogP contribution in [0.15, 0.2) is 48.5 Å². The molecule has 26 heavy (non-hydrogen) atoms. The summed E-state index contributed by atoms with van der Waals surface area (Å²) in [6.45, 7) is 4.85. The molecule has 4 heteroatoms. The Labute approximate surface area is 156 Å². The molecule has 0 unspecified atom stereocenters. The predicted octanol–water partition coefficient (Wildman–Crippen LogP) is 4.35. The Morgan fingerprint density at radius 3 is 2.31 bits per heavy atom. The molecule has 0 bridgehead atoms. The molecular formula is C22H28N2O2. The Hall–Kier alpha value is -2.62. The minimum atomic E-state index is -0.149. The van der Waals surface area contributed by atoms with Crippen LogP contribution < -0.4 is 10.6 Å². The Balaban J connectivity index is 1.92. The van der Waals surface area contributed by atoms with Crippen molar-refractivity contribution in [1.29, 1.82) is 0 Å². The predicted molar refractivity (Wildman–Crippen MR) is 106 cm³/mol. The van der Waals surface area contributed by atoms with Crippen molar-refractivity contribution in [2.24, 2.45) is 0 Å². The van der Waals surface area contributed by atoms with Gasteiger partial charge in [0, 0.05) is 13.0 Å². The molecule has 0 spiro atoms. The fraction of sp³-hybridized carbons (Fsp3) is 0.364. The number of amides is 2. The van der Waals surface area contributed by atoms with Crippen LogP contribution in [0.1, 0.15) is 54.6 Å². The average Bonchev–Trinajstić information content (AvgIpc) is 2.67. The van der Waals surface area contributed by atoms with Crippen molar-refractivity contribution >= 4 is 17.5 Å². The summed E-state index contributed by atoms with van der Waals surface area (Å²) in [7, 11) is 0. The van der Waals surface area contributed by atoms with Crippen LogP contribution in [0.5, 0.6) is 0 Å². The van der Waals surface area contributed by atoms with Gasteiger partial charge < -0.3 is 10.6 Å². The highest BCUT2D eigenvalue weighted by Crippen LogP contribution is 2.16. The Bertz CT molecular complexity index is 723. The SMILES string of the molecule is CCCCNC(=O)c1ccccc1NC(=O)CCc1ccc(CC)cc1. The number of hydrogen-bond acceptors (Lipinski definition) is 2. The van der Waals surface area contributed by atoms with Gasteiger partial charge in [0.1, 0.15) is 0 Å². The maximum Gasteiger partial charge on any atom is 0.253 e. The number of anilines is 1. The van der Waals surface area contributed by atoms with Gasteiger partial charge in [-0.1, -0.05) is 56.7 Å². The highest BCUT2D eigenvalue weighted by molar-refractivity contribution is 6.03. The third-order valence-electron chi connectivity index (χ3n) is 4.33. The molecule has 0 aliphatic heterocycles. The minimum absolute atomic E-state index is 0.0848. The summed E-state index contributed by atoms with van der Waals surface area (Å²) in [5.74, 6) is -0.233. The monoisotopic (exact) mass is 352 g/mol. The summed E-state index contributed by atoms with van der Waals surface area (Å²) >= 11 is 0. The molecule has 2 N–H and O–H groups in total. The molecule has 0 aromatic heterocycles. The second-order valence-corrected chi connectivity index (χ2v) is 6.37. The molecule has 4 nitrogen and oxygen atoms in total. The van der Waals surface area contributed by atoms with E-state index in [2.05, 4.69) is 48.7 Å². The molecule has 2 amide bonds. The number of hydrogen-bond donors (Lipinski definition) is 2. The fourth-order valence-electron chi connectivity index (χ4n) is 2.68. The molecule has 0 heterocycles. The first-order valence-electron chi connectivity index (χ1n) is 9.39. The second-order valence-electron chi connectivity index (χ2n) is 6.37. The van der Waals surface area contributed by atoms with E-state index >= 15 is 0 Å². The first-order chi connectivity index (χ1) is 12.6. The van der Waals surface area contributed by atoms with E-state index in [0.717, 1.165) is 24.8 Å². The van der Waals surface area contributed by atoms with E-state index in [1.807, 2.05) is 6.07 Å². The summed E-state index contributed by atoms with van der Waals surface area (Å²) in [5.41, 5.74) is 3.50. The van der Waals surface area contributed by atoms with Crippen molar-refractivity contribution in [1.82, 2.24) is 5.32 Å². The normalized spacial score (nSPS) is 10.4. The van der Waals surface area contributed by atoms with Crippen molar-refractivity contribution < 1.29 is 9.59 Å². The number of benzene rings is 2.